The number of alkyl halides is 5. The number of benzene rings is 1. The summed E-state index contributed by atoms with van der Waals surface area (Å²) in [4.78, 5) is 10.7. The highest BCUT2D eigenvalue weighted by Gasteiger charge is 2.44. The van der Waals surface area contributed by atoms with E-state index in [0.29, 0.717) is 44.4 Å². The maximum Gasteiger partial charge on any atom is 0.416 e. The molecule has 1 aliphatic carbocycles. The zero-order chi connectivity index (χ0) is 24.9. The molecule has 10 heteroatoms. The minimum atomic E-state index is -4.60. The highest BCUT2D eigenvalue weighted by Crippen LogP contribution is 2.42. The zero-order valence-electron chi connectivity index (χ0n) is 18.5. The topological polar surface area (TPSA) is 76.0 Å². The Bertz CT molecular complexity index is 856. The first-order valence-electron chi connectivity index (χ1n) is 11.3. The summed E-state index contributed by atoms with van der Waals surface area (Å²) in [7, 11) is 0. The molecular weight excluding hydrogens is 463 g/mol. The average Bonchev–Trinajstić information content (AvgIpc) is 2.92. The van der Waals surface area contributed by atoms with Crippen LogP contribution in [0, 0.1) is 17.8 Å². The largest absolute Gasteiger partial charge is 0.487 e. The predicted molar refractivity (Wildman–Crippen MR) is 113 cm³/mol. The number of ether oxygens (including phenoxy) is 2. The van der Waals surface area contributed by atoms with Crippen molar-refractivity contribution in [3.05, 3.63) is 42.0 Å². The Morgan fingerprint density at radius 1 is 1.21 bits per heavy atom. The van der Waals surface area contributed by atoms with Gasteiger partial charge in [-0.05, 0) is 61.8 Å². The number of aliphatic carboxylic acids is 1. The second-order valence-electron chi connectivity index (χ2n) is 9.08. The number of hydrogen-bond donors (Lipinski definition) is 2. The van der Waals surface area contributed by atoms with Gasteiger partial charge in [-0.1, -0.05) is 12.1 Å². The Hall–Kier alpha value is -2.20. The highest BCUT2D eigenvalue weighted by molar-refractivity contribution is 5.66. The van der Waals surface area contributed by atoms with Crippen molar-refractivity contribution in [3.8, 4) is 5.75 Å². The lowest BCUT2D eigenvalue weighted by atomic mass is 9.86. The van der Waals surface area contributed by atoms with Crippen LogP contribution in [-0.4, -0.2) is 47.5 Å². The van der Waals surface area contributed by atoms with E-state index in [4.69, 9.17) is 14.6 Å². The fourth-order valence-corrected chi connectivity index (χ4v) is 4.73. The number of aliphatic hydroxyl groups is 1. The molecule has 1 aromatic carbocycles. The monoisotopic (exact) mass is 492 g/mol. The van der Waals surface area contributed by atoms with Gasteiger partial charge in [-0.15, -0.1) is 0 Å². The van der Waals surface area contributed by atoms with E-state index in [1.54, 1.807) is 0 Å². The molecule has 3 rings (SSSR count). The first-order valence-corrected chi connectivity index (χ1v) is 11.3. The van der Waals surface area contributed by atoms with Gasteiger partial charge in [-0.2, -0.15) is 22.0 Å². The molecule has 0 bridgehead atoms. The van der Waals surface area contributed by atoms with Crippen molar-refractivity contribution in [2.45, 2.75) is 62.8 Å². The van der Waals surface area contributed by atoms with Crippen molar-refractivity contribution < 1.29 is 46.4 Å². The van der Waals surface area contributed by atoms with Crippen molar-refractivity contribution in [1.82, 2.24) is 0 Å². The van der Waals surface area contributed by atoms with Crippen LogP contribution in [0.25, 0.3) is 0 Å². The summed E-state index contributed by atoms with van der Waals surface area (Å²) >= 11 is 0. The smallest absolute Gasteiger partial charge is 0.416 e. The number of carbonyl (C=O) groups is 1. The molecule has 1 aromatic rings. The van der Waals surface area contributed by atoms with Crippen molar-refractivity contribution in [2.24, 2.45) is 17.8 Å². The number of carboxylic acid groups (broad SMARTS) is 1. The quantitative estimate of drug-likeness (QED) is 0.360. The van der Waals surface area contributed by atoms with Crippen molar-refractivity contribution in [1.29, 1.82) is 0 Å². The summed E-state index contributed by atoms with van der Waals surface area (Å²) in [6.07, 6.45) is -0.702. The first-order chi connectivity index (χ1) is 15.9. The van der Waals surface area contributed by atoms with E-state index in [1.165, 1.54) is 12.1 Å². The molecule has 2 aliphatic rings. The van der Waals surface area contributed by atoms with Crippen LogP contribution in [-0.2, 0) is 15.7 Å². The van der Waals surface area contributed by atoms with E-state index < -0.39 is 42.3 Å². The van der Waals surface area contributed by atoms with Crippen LogP contribution < -0.4 is 4.74 Å². The molecule has 1 saturated carbocycles. The standard InChI is InChI=1S/C24H29F5O5/c25-23(26,14-34-17-5-2-4-16(11-17)24(27,28)29)10-9-18-19-8-7-15(3-1-6-22(31)32)13-33-21(19)12-20(18)30/h2,4-5,9-11,15,18-21,30H,1,3,6-8,12-14H2,(H,31,32)/b10-9+/t15-,18+,19+,20+,21-/m0/s1. The molecule has 1 saturated heterocycles. The second kappa shape index (κ2) is 11.0. The maximum atomic E-state index is 14.4. The van der Waals surface area contributed by atoms with Crippen LogP contribution in [0.15, 0.2) is 36.4 Å². The third-order valence-electron chi connectivity index (χ3n) is 6.50. The lowest BCUT2D eigenvalue weighted by molar-refractivity contribution is -0.138. The molecule has 1 aliphatic heterocycles. The van der Waals surface area contributed by atoms with Gasteiger partial charge < -0.3 is 19.7 Å². The number of fused-ring (bicyclic) bond motifs is 1. The fourth-order valence-electron chi connectivity index (χ4n) is 4.73. The second-order valence-corrected chi connectivity index (χ2v) is 9.08. The van der Waals surface area contributed by atoms with Gasteiger partial charge in [0.2, 0.25) is 0 Å². The molecular formula is C24H29F5O5. The third kappa shape index (κ3) is 7.40. The molecule has 2 N–H and O–H groups in total. The molecule has 5 nitrogen and oxygen atoms in total. The molecule has 0 aromatic heterocycles. The minimum Gasteiger partial charge on any atom is -0.487 e. The van der Waals surface area contributed by atoms with E-state index in [0.717, 1.165) is 18.6 Å². The Kier molecular flexibility index (Phi) is 8.57. The van der Waals surface area contributed by atoms with E-state index in [1.807, 2.05) is 0 Å². The average molecular weight is 492 g/mol. The van der Waals surface area contributed by atoms with E-state index in [9.17, 15) is 31.9 Å². The SMILES string of the molecule is O=C(O)CCC[C@H]1CC[C@@H]2[C@@H](/C=C/C(F)(F)COc3cccc(C(F)(F)F)c3)[C@H](O)C[C@@H]2OC1. The Labute approximate surface area is 194 Å². The van der Waals surface area contributed by atoms with Crippen LogP contribution in [0.5, 0.6) is 5.75 Å². The van der Waals surface area contributed by atoms with Crippen LogP contribution in [0.1, 0.15) is 44.1 Å². The maximum absolute atomic E-state index is 14.4. The normalized spacial score (nSPS) is 28.0. The molecule has 5 atom stereocenters. The third-order valence-corrected chi connectivity index (χ3v) is 6.50. The van der Waals surface area contributed by atoms with Crippen molar-refractivity contribution in [2.75, 3.05) is 13.2 Å². The lowest BCUT2D eigenvalue weighted by Crippen LogP contribution is -2.25. The van der Waals surface area contributed by atoms with Gasteiger partial charge in [-0.3, -0.25) is 4.79 Å². The van der Waals surface area contributed by atoms with E-state index >= 15 is 0 Å². The first kappa shape index (κ1) is 26.4. The number of aliphatic hydroxyl groups excluding tert-OH is 1. The number of halogens is 5. The van der Waals surface area contributed by atoms with Gasteiger partial charge in [-0.25, -0.2) is 0 Å². The van der Waals surface area contributed by atoms with Gasteiger partial charge in [0, 0.05) is 25.4 Å². The summed E-state index contributed by atoms with van der Waals surface area (Å²) in [5.74, 6) is -5.10. The van der Waals surface area contributed by atoms with Crippen LogP contribution in [0.2, 0.25) is 0 Å². The molecule has 0 amide bonds. The summed E-state index contributed by atoms with van der Waals surface area (Å²) in [5.41, 5.74) is -0.987. The summed E-state index contributed by atoms with van der Waals surface area (Å²) in [6.45, 7) is -0.686. The number of rotatable bonds is 9. The summed E-state index contributed by atoms with van der Waals surface area (Å²) in [6, 6.07) is 3.76. The number of hydrogen-bond acceptors (Lipinski definition) is 4. The molecule has 0 radical (unpaired) electrons. The van der Waals surface area contributed by atoms with Gasteiger partial charge in [0.1, 0.15) is 5.75 Å². The zero-order valence-corrected chi connectivity index (χ0v) is 18.5. The van der Waals surface area contributed by atoms with Gasteiger partial charge in [0.15, 0.2) is 6.61 Å². The number of carboxylic acids is 1. The van der Waals surface area contributed by atoms with Crippen LogP contribution >= 0.6 is 0 Å². The molecule has 190 valence electrons. The Balaban J connectivity index is 1.56. The summed E-state index contributed by atoms with van der Waals surface area (Å²) < 4.78 is 78.0. The molecule has 0 spiro atoms. The Morgan fingerprint density at radius 2 is 1.97 bits per heavy atom. The van der Waals surface area contributed by atoms with Crippen LogP contribution in [0.3, 0.4) is 0 Å². The summed E-state index contributed by atoms with van der Waals surface area (Å²) in [5, 5.41) is 19.2. The Morgan fingerprint density at radius 3 is 2.68 bits per heavy atom. The van der Waals surface area contributed by atoms with Gasteiger partial charge in [0.25, 0.3) is 5.92 Å². The van der Waals surface area contributed by atoms with Crippen LogP contribution in [0.4, 0.5) is 22.0 Å². The van der Waals surface area contributed by atoms with Crippen molar-refractivity contribution >= 4 is 5.97 Å². The van der Waals surface area contributed by atoms with Gasteiger partial charge >= 0.3 is 12.1 Å². The predicted octanol–water partition coefficient (Wildman–Crippen LogP) is 5.32. The minimum absolute atomic E-state index is 0.0884. The molecule has 1 heterocycles. The highest BCUT2D eigenvalue weighted by atomic mass is 19.4. The van der Waals surface area contributed by atoms with E-state index in [2.05, 4.69) is 0 Å². The van der Waals surface area contributed by atoms with E-state index in [-0.39, 0.29) is 30.1 Å². The molecule has 0 unspecified atom stereocenters. The van der Waals surface area contributed by atoms with Gasteiger partial charge in [0.05, 0.1) is 17.8 Å². The lowest BCUT2D eigenvalue weighted by Gasteiger charge is -2.21. The van der Waals surface area contributed by atoms with Crippen molar-refractivity contribution in [3.63, 3.8) is 0 Å². The fraction of sp³-hybridized carbons (Fsp3) is 0.625. The molecule has 34 heavy (non-hydrogen) atoms. The molecule has 2 fully saturated rings.